The SMILES string of the molecule is CC1CCN(c2cnc(C(=O)N(Cc3ccccc3)C(C)C)cn2)CC1. The van der Waals surface area contributed by atoms with Gasteiger partial charge in [0.05, 0.1) is 12.4 Å². The molecule has 1 fully saturated rings. The number of benzene rings is 1. The number of carbonyl (C=O) groups excluding carboxylic acids is 1. The maximum atomic E-state index is 12.9. The van der Waals surface area contributed by atoms with E-state index in [1.165, 1.54) is 12.8 Å². The van der Waals surface area contributed by atoms with Gasteiger partial charge in [-0.1, -0.05) is 37.3 Å². The van der Waals surface area contributed by atoms with Gasteiger partial charge in [0.2, 0.25) is 0 Å². The van der Waals surface area contributed by atoms with Gasteiger partial charge < -0.3 is 9.80 Å². The molecule has 1 amide bonds. The van der Waals surface area contributed by atoms with Crippen molar-refractivity contribution in [2.45, 2.75) is 46.2 Å². The third-order valence-corrected chi connectivity index (χ3v) is 5.04. The zero-order valence-corrected chi connectivity index (χ0v) is 15.9. The molecule has 1 aromatic carbocycles. The van der Waals surface area contributed by atoms with Gasteiger partial charge in [-0.2, -0.15) is 0 Å². The predicted molar refractivity (Wildman–Crippen MR) is 104 cm³/mol. The van der Waals surface area contributed by atoms with Gasteiger partial charge in [0.25, 0.3) is 5.91 Å². The molecule has 1 aliphatic rings. The zero-order valence-electron chi connectivity index (χ0n) is 15.9. The second-order valence-electron chi connectivity index (χ2n) is 7.44. The summed E-state index contributed by atoms with van der Waals surface area (Å²) in [7, 11) is 0. The number of piperidine rings is 1. The quantitative estimate of drug-likeness (QED) is 0.822. The number of anilines is 1. The molecule has 1 saturated heterocycles. The van der Waals surface area contributed by atoms with Crippen molar-refractivity contribution in [3.63, 3.8) is 0 Å². The summed E-state index contributed by atoms with van der Waals surface area (Å²) in [6.45, 7) is 8.93. The van der Waals surface area contributed by atoms with Gasteiger partial charge >= 0.3 is 0 Å². The topological polar surface area (TPSA) is 49.3 Å². The van der Waals surface area contributed by atoms with Gasteiger partial charge in [-0.25, -0.2) is 9.97 Å². The molecule has 138 valence electrons. The summed E-state index contributed by atoms with van der Waals surface area (Å²) in [5.41, 5.74) is 1.52. The Morgan fingerprint density at radius 2 is 1.85 bits per heavy atom. The molecule has 1 aromatic heterocycles. The van der Waals surface area contributed by atoms with E-state index in [1.54, 1.807) is 12.4 Å². The lowest BCUT2D eigenvalue weighted by Crippen LogP contribution is -2.37. The van der Waals surface area contributed by atoms with E-state index in [9.17, 15) is 4.79 Å². The van der Waals surface area contributed by atoms with Gasteiger partial charge in [-0.15, -0.1) is 0 Å². The smallest absolute Gasteiger partial charge is 0.274 e. The van der Waals surface area contributed by atoms with Crippen molar-refractivity contribution in [1.29, 1.82) is 0 Å². The lowest BCUT2D eigenvalue weighted by Gasteiger charge is -2.31. The monoisotopic (exact) mass is 352 g/mol. The predicted octanol–water partition coefficient (Wildman–Crippen LogP) is 3.76. The number of rotatable bonds is 5. The molecule has 0 aliphatic carbocycles. The van der Waals surface area contributed by atoms with Crippen molar-refractivity contribution in [2.75, 3.05) is 18.0 Å². The molecular weight excluding hydrogens is 324 g/mol. The van der Waals surface area contributed by atoms with E-state index in [1.807, 2.05) is 49.1 Å². The van der Waals surface area contributed by atoms with Crippen LogP contribution in [0.25, 0.3) is 0 Å². The largest absolute Gasteiger partial charge is 0.355 e. The van der Waals surface area contributed by atoms with Crippen molar-refractivity contribution in [3.8, 4) is 0 Å². The fraction of sp³-hybridized carbons (Fsp3) is 0.476. The minimum atomic E-state index is -0.0739. The summed E-state index contributed by atoms with van der Waals surface area (Å²) in [5.74, 6) is 1.57. The molecule has 2 aromatic rings. The number of nitrogens with zero attached hydrogens (tertiary/aromatic N) is 4. The molecule has 5 nitrogen and oxygen atoms in total. The van der Waals surface area contributed by atoms with Crippen molar-refractivity contribution in [1.82, 2.24) is 14.9 Å². The first-order chi connectivity index (χ1) is 12.5. The van der Waals surface area contributed by atoms with Crippen LogP contribution in [0.4, 0.5) is 5.82 Å². The average molecular weight is 352 g/mol. The molecule has 0 radical (unpaired) electrons. The van der Waals surface area contributed by atoms with Gasteiger partial charge in [0, 0.05) is 25.7 Å². The summed E-state index contributed by atoms with van der Waals surface area (Å²) >= 11 is 0. The van der Waals surface area contributed by atoms with Crippen LogP contribution in [0.2, 0.25) is 0 Å². The lowest BCUT2D eigenvalue weighted by molar-refractivity contribution is 0.0684. The first kappa shape index (κ1) is 18.4. The summed E-state index contributed by atoms with van der Waals surface area (Å²) in [5, 5.41) is 0. The Balaban J connectivity index is 1.71. The fourth-order valence-electron chi connectivity index (χ4n) is 3.25. The van der Waals surface area contributed by atoms with E-state index in [0.29, 0.717) is 12.2 Å². The third-order valence-electron chi connectivity index (χ3n) is 5.04. The fourth-order valence-corrected chi connectivity index (χ4v) is 3.25. The number of hydrogen-bond donors (Lipinski definition) is 0. The van der Waals surface area contributed by atoms with E-state index in [4.69, 9.17) is 0 Å². The highest BCUT2D eigenvalue weighted by atomic mass is 16.2. The maximum Gasteiger partial charge on any atom is 0.274 e. The van der Waals surface area contributed by atoms with Crippen LogP contribution in [0.5, 0.6) is 0 Å². The summed E-state index contributed by atoms with van der Waals surface area (Å²) in [6.07, 6.45) is 5.72. The Kier molecular flexibility index (Phi) is 5.86. The number of carbonyl (C=O) groups is 1. The first-order valence-corrected chi connectivity index (χ1v) is 9.46. The normalized spacial score (nSPS) is 15.3. The molecule has 0 saturated carbocycles. The van der Waals surface area contributed by atoms with E-state index < -0.39 is 0 Å². The van der Waals surface area contributed by atoms with E-state index >= 15 is 0 Å². The van der Waals surface area contributed by atoms with E-state index in [-0.39, 0.29) is 11.9 Å². The van der Waals surface area contributed by atoms with E-state index in [2.05, 4.69) is 21.8 Å². The van der Waals surface area contributed by atoms with Crippen molar-refractivity contribution in [2.24, 2.45) is 5.92 Å². The Labute approximate surface area is 156 Å². The Hall–Kier alpha value is -2.43. The molecule has 1 aliphatic heterocycles. The molecule has 5 heteroatoms. The molecule has 0 bridgehead atoms. The molecule has 2 heterocycles. The van der Waals surface area contributed by atoms with Crippen molar-refractivity contribution >= 4 is 11.7 Å². The number of amides is 1. The standard InChI is InChI=1S/C21H28N4O/c1-16(2)25(15-18-7-5-4-6-8-18)21(26)19-13-23-20(14-22-19)24-11-9-17(3)10-12-24/h4-8,13-14,16-17H,9-12,15H2,1-3H3. The van der Waals surface area contributed by atoms with Crippen LogP contribution in [0.1, 0.15) is 49.7 Å². The molecular formula is C21H28N4O. The van der Waals surface area contributed by atoms with Crippen LogP contribution < -0.4 is 4.90 Å². The first-order valence-electron chi connectivity index (χ1n) is 9.46. The highest BCUT2D eigenvalue weighted by molar-refractivity contribution is 5.92. The highest BCUT2D eigenvalue weighted by Crippen LogP contribution is 2.21. The lowest BCUT2D eigenvalue weighted by atomic mass is 9.99. The molecule has 0 N–H and O–H groups in total. The molecule has 0 unspecified atom stereocenters. The van der Waals surface area contributed by atoms with Gasteiger partial charge in [-0.05, 0) is 38.2 Å². The van der Waals surface area contributed by atoms with Crippen LogP contribution in [0.3, 0.4) is 0 Å². The molecule has 26 heavy (non-hydrogen) atoms. The van der Waals surface area contributed by atoms with Crippen LogP contribution in [-0.2, 0) is 6.54 Å². The Morgan fingerprint density at radius 3 is 2.42 bits per heavy atom. The molecule has 0 spiro atoms. The molecule has 0 atom stereocenters. The zero-order chi connectivity index (χ0) is 18.5. The maximum absolute atomic E-state index is 12.9. The summed E-state index contributed by atoms with van der Waals surface area (Å²) in [6, 6.07) is 10.1. The van der Waals surface area contributed by atoms with Gasteiger partial charge in [0.15, 0.2) is 0 Å². The summed E-state index contributed by atoms with van der Waals surface area (Å²) < 4.78 is 0. The van der Waals surface area contributed by atoms with Crippen molar-refractivity contribution < 1.29 is 4.79 Å². The number of aromatic nitrogens is 2. The van der Waals surface area contributed by atoms with Crippen LogP contribution >= 0.6 is 0 Å². The Morgan fingerprint density at radius 1 is 1.15 bits per heavy atom. The summed E-state index contributed by atoms with van der Waals surface area (Å²) in [4.78, 5) is 26.0. The number of hydrogen-bond acceptors (Lipinski definition) is 4. The van der Waals surface area contributed by atoms with Crippen molar-refractivity contribution in [3.05, 3.63) is 54.0 Å². The minimum absolute atomic E-state index is 0.0739. The Bertz CT molecular complexity index is 707. The van der Waals surface area contributed by atoms with Crippen LogP contribution in [0, 0.1) is 5.92 Å². The van der Waals surface area contributed by atoms with E-state index in [0.717, 1.165) is 30.4 Å². The second-order valence-corrected chi connectivity index (χ2v) is 7.44. The minimum Gasteiger partial charge on any atom is -0.355 e. The second kappa shape index (κ2) is 8.30. The third kappa shape index (κ3) is 4.40. The van der Waals surface area contributed by atoms with Crippen LogP contribution in [-0.4, -0.2) is 39.9 Å². The highest BCUT2D eigenvalue weighted by Gasteiger charge is 2.22. The molecule has 3 rings (SSSR count). The van der Waals surface area contributed by atoms with Crippen LogP contribution in [0.15, 0.2) is 42.7 Å². The van der Waals surface area contributed by atoms with Gasteiger partial charge in [0.1, 0.15) is 11.5 Å². The van der Waals surface area contributed by atoms with Gasteiger partial charge in [-0.3, -0.25) is 4.79 Å². The average Bonchev–Trinajstić information content (AvgIpc) is 2.67.